The van der Waals surface area contributed by atoms with Crippen molar-refractivity contribution in [1.82, 2.24) is 5.32 Å². The van der Waals surface area contributed by atoms with E-state index in [0.29, 0.717) is 6.61 Å². The fourth-order valence-corrected chi connectivity index (χ4v) is 2.08. The molecule has 102 valence electrons. The Morgan fingerprint density at radius 3 is 2.79 bits per heavy atom. The van der Waals surface area contributed by atoms with Gasteiger partial charge in [-0.2, -0.15) is 0 Å². The molecule has 1 unspecified atom stereocenters. The van der Waals surface area contributed by atoms with Crippen molar-refractivity contribution in [3.8, 4) is 5.75 Å². The lowest BCUT2D eigenvalue weighted by Gasteiger charge is -2.17. The molecule has 3 heteroatoms. The maximum atomic E-state index is 5.56. The summed E-state index contributed by atoms with van der Waals surface area (Å²) in [6.07, 6.45) is 2.80. The first-order valence-electron chi connectivity index (χ1n) is 6.84. The van der Waals surface area contributed by atoms with Gasteiger partial charge in [0.1, 0.15) is 11.5 Å². The average molecular weight is 259 g/mol. The van der Waals surface area contributed by atoms with Gasteiger partial charge < -0.3 is 14.5 Å². The van der Waals surface area contributed by atoms with Gasteiger partial charge in [-0.25, -0.2) is 0 Å². The van der Waals surface area contributed by atoms with E-state index in [1.54, 1.807) is 6.26 Å². The highest BCUT2D eigenvalue weighted by Gasteiger charge is 2.16. The first kappa shape index (κ1) is 13.7. The van der Waals surface area contributed by atoms with Gasteiger partial charge in [-0.3, -0.25) is 0 Å². The lowest BCUT2D eigenvalue weighted by atomic mass is 10.0. The summed E-state index contributed by atoms with van der Waals surface area (Å²) in [5, 5.41) is 3.51. The molecule has 3 nitrogen and oxygen atoms in total. The van der Waals surface area contributed by atoms with Gasteiger partial charge in [-0.1, -0.05) is 19.1 Å². The van der Waals surface area contributed by atoms with E-state index in [2.05, 4.69) is 24.4 Å². The molecule has 0 fully saturated rings. The van der Waals surface area contributed by atoms with Crippen LogP contribution >= 0.6 is 0 Å². The number of hydrogen-bond acceptors (Lipinski definition) is 3. The highest BCUT2D eigenvalue weighted by Crippen LogP contribution is 2.25. The summed E-state index contributed by atoms with van der Waals surface area (Å²) in [4.78, 5) is 0. The maximum Gasteiger partial charge on any atom is 0.125 e. The highest BCUT2D eigenvalue weighted by atomic mass is 16.5. The van der Waals surface area contributed by atoms with E-state index in [9.17, 15) is 0 Å². The molecule has 0 bridgehead atoms. The van der Waals surface area contributed by atoms with Crippen molar-refractivity contribution in [1.29, 1.82) is 0 Å². The molecule has 19 heavy (non-hydrogen) atoms. The van der Waals surface area contributed by atoms with E-state index in [1.165, 1.54) is 0 Å². The molecule has 1 N–H and O–H groups in total. The second-order valence-electron chi connectivity index (χ2n) is 4.41. The lowest BCUT2D eigenvalue weighted by molar-refractivity contribution is 0.339. The number of rotatable bonds is 7. The molecule has 0 spiro atoms. The molecule has 0 aliphatic heterocycles. The minimum Gasteiger partial charge on any atom is -0.494 e. The predicted octanol–water partition coefficient (Wildman–Crippen LogP) is 3.77. The second-order valence-corrected chi connectivity index (χ2v) is 4.41. The van der Waals surface area contributed by atoms with Crippen LogP contribution in [-0.4, -0.2) is 13.2 Å². The summed E-state index contributed by atoms with van der Waals surface area (Å²) >= 11 is 0. The van der Waals surface area contributed by atoms with Crippen LogP contribution in [0.5, 0.6) is 5.75 Å². The number of hydrogen-bond donors (Lipinski definition) is 1. The number of benzene rings is 1. The van der Waals surface area contributed by atoms with Crippen molar-refractivity contribution < 1.29 is 9.15 Å². The summed E-state index contributed by atoms with van der Waals surface area (Å²) in [7, 11) is 0. The van der Waals surface area contributed by atoms with E-state index < -0.39 is 0 Å². The normalized spacial score (nSPS) is 12.3. The van der Waals surface area contributed by atoms with Gasteiger partial charge in [-0.05, 0) is 49.7 Å². The van der Waals surface area contributed by atoms with E-state index in [0.717, 1.165) is 30.0 Å². The number of furan rings is 1. The minimum absolute atomic E-state index is 0.0790. The van der Waals surface area contributed by atoms with Crippen LogP contribution in [0.3, 0.4) is 0 Å². The van der Waals surface area contributed by atoms with Crippen LogP contribution in [0.25, 0.3) is 0 Å². The summed E-state index contributed by atoms with van der Waals surface area (Å²) in [5.74, 6) is 1.83. The second kappa shape index (κ2) is 7.00. The molecule has 0 amide bonds. The van der Waals surface area contributed by atoms with Gasteiger partial charge in [0.05, 0.1) is 18.9 Å². The summed E-state index contributed by atoms with van der Waals surface area (Å²) in [6.45, 7) is 5.77. The molecule has 0 radical (unpaired) electrons. The van der Waals surface area contributed by atoms with Crippen LogP contribution in [0.4, 0.5) is 0 Å². The van der Waals surface area contributed by atoms with Gasteiger partial charge >= 0.3 is 0 Å². The smallest absolute Gasteiger partial charge is 0.125 e. The average Bonchev–Trinajstić information content (AvgIpc) is 2.94. The molecule has 2 aromatic rings. The molecule has 1 aromatic heterocycles. The lowest BCUT2D eigenvalue weighted by Crippen LogP contribution is -2.22. The highest BCUT2D eigenvalue weighted by molar-refractivity contribution is 5.34. The van der Waals surface area contributed by atoms with Crippen LogP contribution in [0.15, 0.2) is 47.1 Å². The Hall–Kier alpha value is -1.74. The number of nitrogens with one attached hydrogen (secondary N) is 1. The quantitative estimate of drug-likeness (QED) is 0.822. The SMILES string of the molecule is CCCNC(c1cccc(OCC)c1)c1ccco1. The van der Waals surface area contributed by atoms with E-state index >= 15 is 0 Å². The molecule has 1 heterocycles. The summed E-state index contributed by atoms with van der Waals surface area (Å²) in [5.41, 5.74) is 1.16. The molecular formula is C16H21NO2. The third kappa shape index (κ3) is 3.61. The fraction of sp³-hybridized carbons (Fsp3) is 0.375. The van der Waals surface area contributed by atoms with Gasteiger partial charge in [0.2, 0.25) is 0 Å². The molecule has 1 aromatic carbocycles. The minimum atomic E-state index is 0.0790. The topological polar surface area (TPSA) is 34.4 Å². The Morgan fingerprint density at radius 1 is 1.21 bits per heavy atom. The van der Waals surface area contributed by atoms with E-state index in [1.807, 2.05) is 31.2 Å². The largest absolute Gasteiger partial charge is 0.494 e. The van der Waals surface area contributed by atoms with Crippen LogP contribution in [0.1, 0.15) is 37.6 Å². The molecule has 0 saturated heterocycles. The molecule has 0 saturated carbocycles. The maximum absolute atomic E-state index is 5.56. The standard InChI is InChI=1S/C16H21NO2/c1-3-10-17-16(15-9-6-11-19-15)13-7-5-8-14(12-13)18-4-2/h5-9,11-12,16-17H,3-4,10H2,1-2H3. The van der Waals surface area contributed by atoms with Crippen molar-refractivity contribution in [2.75, 3.05) is 13.2 Å². The fourth-order valence-electron chi connectivity index (χ4n) is 2.08. The molecular weight excluding hydrogens is 238 g/mol. The van der Waals surface area contributed by atoms with Crippen molar-refractivity contribution in [2.24, 2.45) is 0 Å². The number of ether oxygens (including phenoxy) is 1. The van der Waals surface area contributed by atoms with E-state index in [4.69, 9.17) is 9.15 Å². The van der Waals surface area contributed by atoms with Gasteiger partial charge in [0, 0.05) is 0 Å². The monoisotopic (exact) mass is 259 g/mol. The van der Waals surface area contributed by atoms with Crippen molar-refractivity contribution in [3.63, 3.8) is 0 Å². The van der Waals surface area contributed by atoms with E-state index in [-0.39, 0.29) is 6.04 Å². The van der Waals surface area contributed by atoms with Crippen LogP contribution in [0.2, 0.25) is 0 Å². The van der Waals surface area contributed by atoms with Crippen molar-refractivity contribution in [2.45, 2.75) is 26.3 Å². The Kier molecular flexibility index (Phi) is 5.04. The Balaban J connectivity index is 2.24. The van der Waals surface area contributed by atoms with Crippen LogP contribution in [-0.2, 0) is 0 Å². The zero-order valence-electron chi connectivity index (χ0n) is 11.6. The summed E-state index contributed by atoms with van der Waals surface area (Å²) < 4.78 is 11.1. The van der Waals surface area contributed by atoms with Crippen LogP contribution in [0, 0.1) is 0 Å². The Morgan fingerprint density at radius 2 is 2.11 bits per heavy atom. The predicted molar refractivity (Wildman–Crippen MR) is 76.5 cm³/mol. The molecule has 0 aliphatic carbocycles. The molecule has 1 atom stereocenters. The van der Waals surface area contributed by atoms with Crippen LogP contribution < -0.4 is 10.1 Å². The first-order chi connectivity index (χ1) is 9.35. The zero-order chi connectivity index (χ0) is 13.5. The van der Waals surface area contributed by atoms with Crippen molar-refractivity contribution in [3.05, 3.63) is 54.0 Å². The first-order valence-corrected chi connectivity index (χ1v) is 6.84. The zero-order valence-corrected chi connectivity index (χ0v) is 11.6. The van der Waals surface area contributed by atoms with Gasteiger partial charge in [0.15, 0.2) is 0 Å². The van der Waals surface area contributed by atoms with Gasteiger partial charge in [-0.15, -0.1) is 0 Å². The molecule has 0 aliphatic rings. The Labute approximate surface area is 114 Å². The third-order valence-corrected chi connectivity index (χ3v) is 2.93. The molecule has 2 rings (SSSR count). The summed E-state index contributed by atoms with van der Waals surface area (Å²) in [6, 6.07) is 12.2. The Bertz CT molecular complexity index is 479. The van der Waals surface area contributed by atoms with Gasteiger partial charge in [0.25, 0.3) is 0 Å². The van der Waals surface area contributed by atoms with Crippen molar-refractivity contribution >= 4 is 0 Å². The third-order valence-electron chi connectivity index (χ3n) is 2.93.